The fourth-order valence-corrected chi connectivity index (χ4v) is 1.40. The van der Waals surface area contributed by atoms with E-state index in [2.05, 4.69) is 10.3 Å². The molecule has 5 nitrogen and oxygen atoms in total. The third-order valence-electron chi connectivity index (χ3n) is 2.80. The van der Waals surface area contributed by atoms with Gasteiger partial charge in [-0.3, -0.25) is 4.98 Å². The van der Waals surface area contributed by atoms with Crippen LogP contribution in [0.5, 0.6) is 0 Å². The summed E-state index contributed by atoms with van der Waals surface area (Å²) in [6.07, 6.45) is 1.34. The number of hydrogen-bond donors (Lipinski definition) is 3. The predicted octanol–water partition coefficient (Wildman–Crippen LogP) is 1.52. The molecular formula is C12H18N2O3. The Balaban J connectivity index is 2.96. The van der Waals surface area contributed by atoms with Gasteiger partial charge in [-0.2, -0.15) is 0 Å². The summed E-state index contributed by atoms with van der Waals surface area (Å²) >= 11 is 0. The van der Waals surface area contributed by atoms with Crippen LogP contribution < -0.4 is 5.32 Å². The van der Waals surface area contributed by atoms with E-state index in [-0.39, 0.29) is 24.1 Å². The molecule has 2 atom stereocenters. The van der Waals surface area contributed by atoms with Crippen LogP contribution in [0.1, 0.15) is 29.9 Å². The number of aromatic nitrogens is 1. The number of aryl methyl sites for hydroxylation is 1. The second-order valence-electron chi connectivity index (χ2n) is 4.27. The molecule has 0 saturated heterocycles. The molecule has 0 aromatic carbocycles. The molecule has 0 aliphatic rings. The summed E-state index contributed by atoms with van der Waals surface area (Å²) in [4.78, 5) is 15.0. The van der Waals surface area contributed by atoms with E-state index in [0.29, 0.717) is 5.69 Å². The zero-order valence-electron chi connectivity index (χ0n) is 10.3. The Labute approximate surface area is 101 Å². The molecule has 0 spiro atoms. The van der Waals surface area contributed by atoms with Crippen molar-refractivity contribution in [1.29, 1.82) is 0 Å². The SMILES string of the molecule is Cc1cc(NC(C)C(C)CO)c(C(=O)O)cn1. The first kappa shape index (κ1) is 13.4. The van der Waals surface area contributed by atoms with E-state index in [4.69, 9.17) is 10.2 Å². The van der Waals surface area contributed by atoms with Crippen molar-refractivity contribution in [3.05, 3.63) is 23.5 Å². The van der Waals surface area contributed by atoms with Gasteiger partial charge in [-0.15, -0.1) is 0 Å². The van der Waals surface area contributed by atoms with Crippen molar-refractivity contribution < 1.29 is 15.0 Å². The molecule has 2 unspecified atom stereocenters. The van der Waals surface area contributed by atoms with Crippen LogP contribution in [0.15, 0.2) is 12.3 Å². The highest BCUT2D eigenvalue weighted by Crippen LogP contribution is 2.18. The Bertz CT molecular complexity index is 407. The van der Waals surface area contributed by atoms with Crippen LogP contribution in [0.4, 0.5) is 5.69 Å². The van der Waals surface area contributed by atoms with Gasteiger partial charge in [0.1, 0.15) is 5.56 Å². The number of aromatic carboxylic acids is 1. The highest BCUT2D eigenvalue weighted by atomic mass is 16.4. The lowest BCUT2D eigenvalue weighted by atomic mass is 10.0. The third kappa shape index (κ3) is 3.42. The zero-order valence-corrected chi connectivity index (χ0v) is 10.3. The summed E-state index contributed by atoms with van der Waals surface area (Å²) in [5.74, 6) is -0.964. The van der Waals surface area contributed by atoms with E-state index >= 15 is 0 Å². The van der Waals surface area contributed by atoms with Gasteiger partial charge in [0.05, 0.1) is 5.69 Å². The maximum absolute atomic E-state index is 11.0. The molecule has 0 amide bonds. The number of rotatable bonds is 5. The monoisotopic (exact) mass is 238 g/mol. The van der Waals surface area contributed by atoms with Gasteiger partial charge in [-0.05, 0) is 25.8 Å². The van der Waals surface area contributed by atoms with Crippen molar-refractivity contribution in [3.63, 3.8) is 0 Å². The number of pyridine rings is 1. The minimum absolute atomic E-state index is 0.0140. The minimum atomic E-state index is -1.01. The fraction of sp³-hybridized carbons (Fsp3) is 0.500. The molecule has 0 aliphatic carbocycles. The summed E-state index contributed by atoms with van der Waals surface area (Å²) in [5.41, 5.74) is 1.44. The van der Waals surface area contributed by atoms with Gasteiger partial charge >= 0.3 is 5.97 Å². The Hall–Kier alpha value is -1.62. The van der Waals surface area contributed by atoms with Crippen LogP contribution in [0, 0.1) is 12.8 Å². The average molecular weight is 238 g/mol. The molecular weight excluding hydrogens is 220 g/mol. The van der Waals surface area contributed by atoms with Crippen molar-refractivity contribution in [2.45, 2.75) is 26.8 Å². The van der Waals surface area contributed by atoms with E-state index in [9.17, 15) is 4.79 Å². The van der Waals surface area contributed by atoms with Crippen LogP contribution in [0.3, 0.4) is 0 Å². The van der Waals surface area contributed by atoms with Crippen molar-refractivity contribution in [3.8, 4) is 0 Å². The summed E-state index contributed by atoms with van der Waals surface area (Å²) < 4.78 is 0. The van der Waals surface area contributed by atoms with Gasteiger partial charge in [0.25, 0.3) is 0 Å². The summed E-state index contributed by atoms with van der Waals surface area (Å²) in [5, 5.41) is 21.2. The van der Waals surface area contributed by atoms with Gasteiger partial charge in [0.15, 0.2) is 0 Å². The number of carboxylic acids is 1. The van der Waals surface area contributed by atoms with Gasteiger partial charge < -0.3 is 15.5 Å². The molecule has 0 radical (unpaired) electrons. The smallest absolute Gasteiger partial charge is 0.339 e. The molecule has 3 N–H and O–H groups in total. The van der Waals surface area contributed by atoms with Gasteiger partial charge in [0, 0.05) is 24.5 Å². The lowest BCUT2D eigenvalue weighted by Crippen LogP contribution is -2.27. The first-order chi connectivity index (χ1) is 7.95. The van der Waals surface area contributed by atoms with Crippen LogP contribution in [-0.2, 0) is 0 Å². The van der Waals surface area contributed by atoms with Crippen LogP contribution >= 0.6 is 0 Å². The number of aliphatic hydroxyl groups is 1. The second kappa shape index (κ2) is 5.63. The standard InChI is InChI=1S/C12H18N2O3/c1-7(6-15)9(3)14-11-4-8(2)13-5-10(11)12(16)17/h4-5,7,9,15H,6H2,1-3H3,(H,13,14)(H,16,17). The van der Waals surface area contributed by atoms with E-state index in [1.807, 2.05) is 13.8 Å². The molecule has 94 valence electrons. The van der Waals surface area contributed by atoms with E-state index in [1.54, 1.807) is 13.0 Å². The first-order valence-corrected chi connectivity index (χ1v) is 5.53. The zero-order chi connectivity index (χ0) is 13.0. The Morgan fingerprint density at radius 2 is 2.18 bits per heavy atom. The Morgan fingerprint density at radius 3 is 2.71 bits per heavy atom. The highest BCUT2D eigenvalue weighted by molar-refractivity contribution is 5.93. The topological polar surface area (TPSA) is 82.5 Å². The average Bonchev–Trinajstić information content (AvgIpc) is 2.27. The highest BCUT2D eigenvalue weighted by Gasteiger charge is 2.16. The van der Waals surface area contributed by atoms with Gasteiger partial charge in [-0.25, -0.2) is 4.79 Å². The normalized spacial score (nSPS) is 14.1. The number of anilines is 1. The molecule has 17 heavy (non-hydrogen) atoms. The van der Waals surface area contributed by atoms with Crippen molar-refractivity contribution in [1.82, 2.24) is 4.98 Å². The first-order valence-electron chi connectivity index (χ1n) is 5.53. The molecule has 1 aromatic rings. The molecule has 0 bridgehead atoms. The largest absolute Gasteiger partial charge is 0.478 e. The molecule has 1 aromatic heterocycles. The number of nitrogens with zero attached hydrogens (tertiary/aromatic N) is 1. The molecule has 0 fully saturated rings. The number of aliphatic hydroxyl groups excluding tert-OH is 1. The van der Waals surface area contributed by atoms with E-state index in [1.165, 1.54) is 6.20 Å². The number of carboxylic acid groups (broad SMARTS) is 1. The van der Waals surface area contributed by atoms with Crippen molar-refractivity contribution in [2.75, 3.05) is 11.9 Å². The second-order valence-corrected chi connectivity index (χ2v) is 4.27. The fourth-order valence-electron chi connectivity index (χ4n) is 1.40. The van der Waals surface area contributed by atoms with Crippen molar-refractivity contribution in [2.24, 2.45) is 5.92 Å². The van der Waals surface area contributed by atoms with Crippen LogP contribution in [-0.4, -0.2) is 33.8 Å². The number of carbonyl (C=O) groups is 1. The number of nitrogens with one attached hydrogen (secondary N) is 1. The third-order valence-corrected chi connectivity index (χ3v) is 2.80. The lowest BCUT2D eigenvalue weighted by Gasteiger charge is -2.21. The summed E-state index contributed by atoms with van der Waals surface area (Å²) in [7, 11) is 0. The maximum Gasteiger partial charge on any atom is 0.339 e. The minimum Gasteiger partial charge on any atom is -0.478 e. The predicted molar refractivity (Wildman–Crippen MR) is 65.3 cm³/mol. The lowest BCUT2D eigenvalue weighted by molar-refractivity contribution is 0.0697. The summed E-state index contributed by atoms with van der Waals surface area (Å²) in [6.45, 7) is 5.66. The van der Waals surface area contributed by atoms with Crippen LogP contribution in [0.25, 0.3) is 0 Å². The van der Waals surface area contributed by atoms with E-state index in [0.717, 1.165) is 5.69 Å². The Morgan fingerprint density at radius 1 is 1.53 bits per heavy atom. The van der Waals surface area contributed by atoms with Crippen LogP contribution in [0.2, 0.25) is 0 Å². The van der Waals surface area contributed by atoms with Crippen molar-refractivity contribution >= 4 is 11.7 Å². The van der Waals surface area contributed by atoms with Gasteiger partial charge in [-0.1, -0.05) is 6.92 Å². The number of hydrogen-bond acceptors (Lipinski definition) is 4. The van der Waals surface area contributed by atoms with Gasteiger partial charge in [0.2, 0.25) is 0 Å². The Kier molecular flexibility index (Phi) is 4.45. The molecule has 1 heterocycles. The molecule has 5 heteroatoms. The molecule has 0 saturated carbocycles. The quantitative estimate of drug-likeness (QED) is 0.724. The molecule has 0 aliphatic heterocycles. The summed E-state index contributed by atoms with van der Waals surface area (Å²) in [6, 6.07) is 1.68. The molecule has 1 rings (SSSR count). The maximum atomic E-state index is 11.0. The van der Waals surface area contributed by atoms with E-state index < -0.39 is 5.97 Å².